The van der Waals surface area contributed by atoms with E-state index in [9.17, 15) is 0 Å². The summed E-state index contributed by atoms with van der Waals surface area (Å²) >= 11 is 14.9. The first-order chi connectivity index (χ1) is 9.02. The lowest BCUT2D eigenvalue weighted by atomic mass is 9.78. The van der Waals surface area contributed by atoms with Crippen molar-refractivity contribution >= 4 is 63.7 Å². The molecule has 0 heterocycles. The van der Waals surface area contributed by atoms with Gasteiger partial charge in [-0.05, 0) is 11.1 Å². The molecule has 0 saturated heterocycles. The highest BCUT2D eigenvalue weighted by Gasteiger charge is 2.48. The molecule has 0 fully saturated rings. The predicted octanol–water partition coefficient (Wildman–Crippen LogP) is 6.21. The smallest absolute Gasteiger partial charge is 0.0914 e. The van der Waals surface area contributed by atoms with Crippen molar-refractivity contribution in [2.45, 2.75) is 7.56 Å². The van der Waals surface area contributed by atoms with Crippen molar-refractivity contribution in [1.82, 2.24) is 0 Å². The summed E-state index contributed by atoms with van der Waals surface area (Å²) in [5.41, 5.74) is 2.18. The van der Waals surface area contributed by atoms with Crippen LogP contribution in [0.4, 0.5) is 0 Å². The zero-order chi connectivity index (χ0) is 13.9. The minimum Gasteiger partial charge on any atom is -0.0914 e. The molecule has 0 radical (unpaired) electrons. The zero-order valence-electron chi connectivity index (χ0n) is 9.99. The van der Waals surface area contributed by atoms with Crippen molar-refractivity contribution in [3.05, 3.63) is 71.8 Å². The van der Waals surface area contributed by atoms with E-state index in [1.807, 2.05) is 12.1 Å². The Hall–Kier alpha value is 0.360. The molecule has 0 N–H and O–H groups in total. The van der Waals surface area contributed by atoms with Crippen LogP contribution in [-0.4, -0.2) is 7.47 Å². The van der Waals surface area contributed by atoms with Gasteiger partial charge in [0.1, 0.15) is 2.14 Å². The Balaban J connectivity index is 2.70. The molecule has 0 spiro atoms. The first-order valence-corrected chi connectivity index (χ1v) is 9.26. The Labute approximate surface area is 147 Å². The fourth-order valence-electron chi connectivity index (χ4n) is 2.17. The van der Waals surface area contributed by atoms with E-state index in [2.05, 4.69) is 112 Å². The van der Waals surface area contributed by atoms with Crippen molar-refractivity contribution in [3.8, 4) is 0 Å². The van der Waals surface area contributed by atoms with Crippen LogP contribution in [0.25, 0.3) is 0 Å². The maximum absolute atomic E-state index is 3.74. The van der Waals surface area contributed by atoms with Gasteiger partial charge in [0.15, 0.2) is 0 Å². The van der Waals surface area contributed by atoms with E-state index in [-0.39, 0.29) is 5.41 Å². The first kappa shape index (κ1) is 15.7. The second-order valence-electron chi connectivity index (χ2n) is 4.27. The molecule has 0 saturated carbocycles. The van der Waals surface area contributed by atoms with Crippen molar-refractivity contribution in [1.29, 1.82) is 0 Å². The van der Waals surface area contributed by atoms with Gasteiger partial charge in [0, 0.05) is 5.33 Å². The molecule has 2 aromatic rings. The molecule has 0 amide bonds. The van der Waals surface area contributed by atoms with Crippen molar-refractivity contribution < 1.29 is 0 Å². The number of hydrogen-bond acceptors (Lipinski definition) is 0. The molecule has 0 bridgehead atoms. The van der Waals surface area contributed by atoms with Gasteiger partial charge in [-0.1, -0.05) is 124 Å². The van der Waals surface area contributed by atoms with E-state index >= 15 is 0 Å². The molecule has 19 heavy (non-hydrogen) atoms. The van der Waals surface area contributed by atoms with E-state index in [0.717, 1.165) is 5.33 Å². The first-order valence-electron chi connectivity index (χ1n) is 5.76. The SMILES string of the molecule is BrCC(c1ccccc1)(c1ccccc1)C(Br)(Br)Br. The van der Waals surface area contributed by atoms with E-state index in [1.54, 1.807) is 0 Å². The molecule has 0 unspecified atom stereocenters. The van der Waals surface area contributed by atoms with E-state index in [4.69, 9.17) is 0 Å². The summed E-state index contributed by atoms with van der Waals surface area (Å²) in [6.45, 7) is 0. The largest absolute Gasteiger partial charge is 0.149 e. The van der Waals surface area contributed by atoms with Gasteiger partial charge in [0.25, 0.3) is 0 Å². The Morgan fingerprint density at radius 3 is 1.32 bits per heavy atom. The van der Waals surface area contributed by atoms with Crippen molar-refractivity contribution in [2.24, 2.45) is 0 Å². The summed E-state index contributed by atoms with van der Waals surface area (Å²) in [6.07, 6.45) is 0. The molecule has 0 aromatic heterocycles. The number of alkyl halides is 4. The third-order valence-corrected chi connectivity index (χ3v) is 6.09. The van der Waals surface area contributed by atoms with Crippen LogP contribution in [0.15, 0.2) is 60.7 Å². The molecule has 2 aromatic carbocycles. The molecule has 0 nitrogen and oxygen atoms in total. The molecule has 2 rings (SSSR count). The summed E-state index contributed by atoms with van der Waals surface area (Å²) in [4.78, 5) is 0. The average Bonchev–Trinajstić information content (AvgIpc) is 2.41. The Bertz CT molecular complexity index is 477. The summed E-state index contributed by atoms with van der Waals surface area (Å²) in [6, 6.07) is 20.9. The second-order valence-corrected chi connectivity index (χ2v) is 11.6. The maximum Gasteiger partial charge on any atom is 0.149 e. The second kappa shape index (κ2) is 6.42. The van der Waals surface area contributed by atoms with Gasteiger partial charge in [0.05, 0.1) is 5.41 Å². The number of rotatable bonds is 3. The summed E-state index contributed by atoms with van der Waals surface area (Å²) in [5.74, 6) is 0. The Kier molecular flexibility index (Phi) is 5.32. The number of benzene rings is 2. The molecule has 0 aliphatic carbocycles. The van der Waals surface area contributed by atoms with Gasteiger partial charge in [0.2, 0.25) is 0 Å². The van der Waals surface area contributed by atoms with Gasteiger partial charge in [-0.25, -0.2) is 0 Å². The molecule has 0 atom stereocenters. The minimum atomic E-state index is -0.438. The van der Waals surface area contributed by atoms with Crippen LogP contribution in [-0.2, 0) is 5.41 Å². The van der Waals surface area contributed by atoms with Gasteiger partial charge >= 0.3 is 0 Å². The lowest BCUT2D eigenvalue weighted by molar-refractivity contribution is 0.637. The summed E-state index contributed by atoms with van der Waals surface area (Å²) in [5, 5.41) is 0.774. The van der Waals surface area contributed by atoms with Crippen LogP contribution in [0.2, 0.25) is 0 Å². The van der Waals surface area contributed by atoms with Crippen molar-refractivity contribution in [2.75, 3.05) is 5.33 Å². The van der Waals surface area contributed by atoms with E-state index in [1.165, 1.54) is 11.1 Å². The highest BCUT2D eigenvalue weighted by atomic mass is 80.0. The zero-order valence-corrected chi connectivity index (χ0v) is 16.3. The van der Waals surface area contributed by atoms with Gasteiger partial charge < -0.3 is 0 Å². The quantitative estimate of drug-likeness (QED) is 0.430. The maximum atomic E-state index is 3.74. The van der Waals surface area contributed by atoms with Crippen LogP contribution in [0, 0.1) is 0 Å². The fraction of sp³-hybridized carbons (Fsp3) is 0.200. The standard InChI is InChI=1S/C15H12Br4/c16-11-14(15(17,18)19,12-7-3-1-4-8-12)13-9-5-2-6-10-13/h1-10H,11H2. The van der Waals surface area contributed by atoms with Crippen LogP contribution >= 0.6 is 63.7 Å². The summed E-state index contributed by atoms with van der Waals surface area (Å²) in [7, 11) is 0. The van der Waals surface area contributed by atoms with Crippen LogP contribution < -0.4 is 0 Å². The normalized spacial score (nSPS) is 12.4. The van der Waals surface area contributed by atoms with Crippen molar-refractivity contribution in [3.63, 3.8) is 0 Å². The Morgan fingerprint density at radius 1 is 0.684 bits per heavy atom. The molecule has 4 heteroatoms. The highest BCUT2D eigenvalue weighted by Crippen LogP contribution is 2.55. The Morgan fingerprint density at radius 2 is 1.05 bits per heavy atom. The predicted molar refractivity (Wildman–Crippen MR) is 97.0 cm³/mol. The average molecular weight is 512 g/mol. The third kappa shape index (κ3) is 3.02. The third-order valence-electron chi connectivity index (χ3n) is 3.22. The monoisotopic (exact) mass is 508 g/mol. The molecular weight excluding hydrogens is 500 g/mol. The molecule has 100 valence electrons. The van der Waals surface area contributed by atoms with Crippen LogP contribution in [0.1, 0.15) is 11.1 Å². The van der Waals surface area contributed by atoms with Crippen LogP contribution in [0.5, 0.6) is 0 Å². The summed E-state index contributed by atoms with van der Waals surface area (Å²) < 4.78 is -0.438. The fourth-order valence-corrected chi connectivity index (χ4v) is 6.16. The minimum absolute atomic E-state index is 0.268. The molecule has 0 aliphatic heterocycles. The van der Waals surface area contributed by atoms with E-state index < -0.39 is 2.14 Å². The number of hydrogen-bond donors (Lipinski definition) is 0. The lowest BCUT2D eigenvalue weighted by Crippen LogP contribution is -2.41. The lowest BCUT2D eigenvalue weighted by Gasteiger charge is -2.40. The van der Waals surface area contributed by atoms with Gasteiger partial charge in [-0.3, -0.25) is 0 Å². The van der Waals surface area contributed by atoms with Gasteiger partial charge in [-0.15, -0.1) is 0 Å². The topological polar surface area (TPSA) is 0 Å². The van der Waals surface area contributed by atoms with E-state index in [0.29, 0.717) is 0 Å². The number of halogens is 4. The van der Waals surface area contributed by atoms with Gasteiger partial charge in [-0.2, -0.15) is 0 Å². The molecule has 0 aliphatic rings. The van der Waals surface area contributed by atoms with Crippen LogP contribution in [0.3, 0.4) is 0 Å². The highest BCUT2D eigenvalue weighted by molar-refractivity contribution is 9.39. The molecular formula is C15H12Br4.